The highest BCUT2D eigenvalue weighted by molar-refractivity contribution is 5.82. The molecule has 2 bridgehead atoms. The Morgan fingerprint density at radius 1 is 1.21 bits per heavy atom. The molecule has 2 atom stereocenters. The lowest BCUT2D eigenvalue weighted by molar-refractivity contribution is -0.143. The number of hydrogen-bond donors (Lipinski definition) is 1. The van der Waals surface area contributed by atoms with Crippen molar-refractivity contribution in [2.24, 2.45) is 5.92 Å². The molecule has 2 saturated heterocycles. The minimum atomic E-state index is -0.728. The van der Waals surface area contributed by atoms with E-state index in [-0.39, 0.29) is 18.0 Å². The highest BCUT2D eigenvalue weighted by Gasteiger charge is 2.51. The largest absolute Gasteiger partial charge is 0.388 e. The number of aromatic nitrogens is 2. The summed E-state index contributed by atoms with van der Waals surface area (Å²) >= 11 is 0. The lowest BCUT2D eigenvalue weighted by Crippen LogP contribution is -2.55. The number of carbonyl (C=O) groups is 1. The third kappa shape index (κ3) is 2.25. The number of carbonyl (C=O) groups excluding carboxylic acids is 1. The summed E-state index contributed by atoms with van der Waals surface area (Å²) in [6.07, 6.45) is 11.3. The molecule has 5 heteroatoms. The maximum Gasteiger partial charge on any atom is 0.226 e. The summed E-state index contributed by atoms with van der Waals surface area (Å²) in [5, 5.41) is 12.4. The summed E-state index contributed by atoms with van der Waals surface area (Å²) in [4.78, 5) is 18.9. The second-order valence-corrected chi connectivity index (χ2v) is 7.92. The zero-order valence-corrected chi connectivity index (χ0v) is 13.8. The Labute approximate surface area is 141 Å². The molecule has 1 aliphatic carbocycles. The van der Waals surface area contributed by atoms with Crippen LogP contribution < -0.4 is 0 Å². The minimum Gasteiger partial charge on any atom is -0.388 e. The summed E-state index contributed by atoms with van der Waals surface area (Å²) in [6.45, 7) is 0.584. The van der Waals surface area contributed by atoms with Crippen molar-refractivity contribution in [3.63, 3.8) is 0 Å². The maximum atomic E-state index is 12.6. The number of nitrogens with zero attached hydrogens (tertiary/aromatic N) is 3. The Bertz CT molecular complexity index is 781. The third-order valence-electron chi connectivity index (χ3n) is 6.07. The Balaban J connectivity index is 1.38. The summed E-state index contributed by atoms with van der Waals surface area (Å²) in [7, 11) is 0. The molecule has 5 rings (SSSR count). The van der Waals surface area contributed by atoms with E-state index in [4.69, 9.17) is 0 Å². The van der Waals surface area contributed by atoms with Crippen molar-refractivity contribution in [2.75, 3.05) is 0 Å². The summed E-state index contributed by atoms with van der Waals surface area (Å²) in [6, 6.07) is 4.51. The molecule has 2 aromatic rings. The van der Waals surface area contributed by atoms with Gasteiger partial charge in [-0.05, 0) is 50.7 Å². The predicted octanol–water partition coefficient (Wildman–Crippen LogP) is 2.33. The molecule has 3 fully saturated rings. The lowest BCUT2D eigenvalue weighted by Gasteiger charge is -2.44. The van der Waals surface area contributed by atoms with Crippen molar-refractivity contribution in [3.05, 3.63) is 30.7 Å². The first-order valence-corrected chi connectivity index (χ1v) is 9.06. The van der Waals surface area contributed by atoms with Gasteiger partial charge in [0.1, 0.15) is 0 Å². The molecule has 2 aliphatic heterocycles. The fourth-order valence-corrected chi connectivity index (χ4v) is 4.84. The molecule has 5 nitrogen and oxygen atoms in total. The van der Waals surface area contributed by atoms with Crippen LogP contribution in [0.3, 0.4) is 0 Å². The summed E-state index contributed by atoms with van der Waals surface area (Å²) < 4.78 is 2.11. The van der Waals surface area contributed by atoms with Gasteiger partial charge in [0, 0.05) is 35.8 Å². The van der Waals surface area contributed by atoms with E-state index in [1.165, 1.54) is 0 Å². The van der Waals surface area contributed by atoms with Crippen LogP contribution in [0.4, 0.5) is 0 Å². The van der Waals surface area contributed by atoms with Crippen LogP contribution in [0.15, 0.2) is 30.7 Å². The second-order valence-electron chi connectivity index (χ2n) is 7.92. The van der Waals surface area contributed by atoms with Gasteiger partial charge in [-0.15, -0.1) is 0 Å². The fourth-order valence-electron chi connectivity index (χ4n) is 4.84. The molecule has 0 aromatic carbocycles. The maximum absolute atomic E-state index is 12.6. The number of piperidine rings is 1. The zero-order valence-electron chi connectivity index (χ0n) is 13.8. The Morgan fingerprint density at radius 2 is 1.96 bits per heavy atom. The van der Waals surface area contributed by atoms with E-state index in [0.717, 1.165) is 36.6 Å². The first-order valence-electron chi connectivity index (χ1n) is 9.06. The SMILES string of the molecule is O=C(C1CC1)N1C2CCC1CC(O)(Cn1ccc3ccncc31)C2. The highest BCUT2D eigenvalue weighted by Crippen LogP contribution is 2.44. The molecule has 1 saturated carbocycles. The Kier molecular flexibility index (Phi) is 3.05. The normalized spacial score (nSPS) is 32.5. The smallest absolute Gasteiger partial charge is 0.226 e. The molecule has 0 radical (unpaired) electrons. The number of hydrogen-bond acceptors (Lipinski definition) is 3. The van der Waals surface area contributed by atoms with E-state index in [0.29, 0.717) is 25.3 Å². The third-order valence-corrected chi connectivity index (χ3v) is 6.07. The van der Waals surface area contributed by atoms with Crippen LogP contribution in [-0.4, -0.2) is 43.1 Å². The van der Waals surface area contributed by atoms with Crippen molar-refractivity contribution in [1.82, 2.24) is 14.5 Å². The van der Waals surface area contributed by atoms with E-state index in [2.05, 4.69) is 20.5 Å². The van der Waals surface area contributed by atoms with Crippen LogP contribution in [-0.2, 0) is 11.3 Å². The summed E-state index contributed by atoms with van der Waals surface area (Å²) in [5.41, 5.74) is 0.336. The molecular weight excluding hydrogens is 302 g/mol. The van der Waals surface area contributed by atoms with Gasteiger partial charge in [-0.3, -0.25) is 9.78 Å². The van der Waals surface area contributed by atoms with Gasteiger partial charge in [0.2, 0.25) is 5.91 Å². The second kappa shape index (κ2) is 5.06. The van der Waals surface area contributed by atoms with Crippen LogP contribution in [0.2, 0.25) is 0 Å². The average Bonchev–Trinajstić information content (AvgIpc) is 3.29. The Hall–Kier alpha value is -1.88. The average molecular weight is 325 g/mol. The van der Waals surface area contributed by atoms with Gasteiger partial charge in [0.05, 0.1) is 23.9 Å². The summed E-state index contributed by atoms with van der Waals surface area (Å²) in [5.74, 6) is 0.624. The van der Waals surface area contributed by atoms with Crippen LogP contribution in [0, 0.1) is 5.92 Å². The standard InChI is InChI=1S/C19H23N3O2/c23-18(14-1-2-14)22-15-3-4-16(22)10-19(24,9-15)12-21-8-6-13-5-7-20-11-17(13)21/h5-8,11,14-16,24H,1-4,9-10,12H2. The first-order chi connectivity index (χ1) is 11.6. The number of amides is 1. The molecule has 1 N–H and O–H groups in total. The van der Waals surface area contributed by atoms with E-state index in [1.54, 1.807) is 6.20 Å². The molecule has 2 unspecified atom stereocenters. The van der Waals surface area contributed by atoms with Crippen LogP contribution in [0.25, 0.3) is 10.9 Å². The highest BCUT2D eigenvalue weighted by atomic mass is 16.3. The van der Waals surface area contributed by atoms with Crippen LogP contribution >= 0.6 is 0 Å². The molecule has 3 aliphatic rings. The van der Waals surface area contributed by atoms with Gasteiger partial charge in [0.15, 0.2) is 0 Å². The number of pyridine rings is 1. The molecule has 126 valence electrons. The monoisotopic (exact) mass is 325 g/mol. The molecule has 2 aromatic heterocycles. The van der Waals surface area contributed by atoms with Crippen molar-refractivity contribution >= 4 is 16.8 Å². The van der Waals surface area contributed by atoms with Gasteiger partial charge in [-0.25, -0.2) is 0 Å². The molecular formula is C19H23N3O2. The van der Waals surface area contributed by atoms with Crippen LogP contribution in [0.1, 0.15) is 38.5 Å². The van der Waals surface area contributed by atoms with Gasteiger partial charge >= 0.3 is 0 Å². The predicted molar refractivity (Wildman–Crippen MR) is 90.3 cm³/mol. The minimum absolute atomic E-state index is 0.224. The van der Waals surface area contributed by atoms with E-state index < -0.39 is 5.60 Å². The fraction of sp³-hybridized carbons (Fsp3) is 0.579. The van der Waals surface area contributed by atoms with Crippen molar-refractivity contribution < 1.29 is 9.90 Å². The molecule has 24 heavy (non-hydrogen) atoms. The van der Waals surface area contributed by atoms with Crippen LogP contribution in [0.5, 0.6) is 0 Å². The van der Waals surface area contributed by atoms with Crippen molar-refractivity contribution in [3.8, 4) is 0 Å². The quantitative estimate of drug-likeness (QED) is 0.942. The van der Waals surface area contributed by atoms with Gasteiger partial charge in [0.25, 0.3) is 0 Å². The van der Waals surface area contributed by atoms with Crippen molar-refractivity contribution in [2.45, 2.75) is 62.8 Å². The van der Waals surface area contributed by atoms with Gasteiger partial charge in [-0.1, -0.05) is 0 Å². The molecule has 4 heterocycles. The van der Waals surface area contributed by atoms with Gasteiger partial charge < -0.3 is 14.6 Å². The van der Waals surface area contributed by atoms with E-state index in [9.17, 15) is 9.90 Å². The molecule has 0 spiro atoms. The van der Waals surface area contributed by atoms with E-state index >= 15 is 0 Å². The first kappa shape index (κ1) is 14.5. The Morgan fingerprint density at radius 3 is 2.67 bits per heavy atom. The zero-order chi connectivity index (χ0) is 16.3. The van der Waals surface area contributed by atoms with Crippen molar-refractivity contribution in [1.29, 1.82) is 0 Å². The number of fused-ring (bicyclic) bond motifs is 3. The number of aliphatic hydroxyl groups is 1. The molecule has 1 amide bonds. The number of rotatable bonds is 3. The lowest BCUT2D eigenvalue weighted by atomic mass is 9.85. The topological polar surface area (TPSA) is 58.4 Å². The van der Waals surface area contributed by atoms with E-state index in [1.807, 2.05) is 18.5 Å². The van der Waals surface area contributed by atoms with Gasteiger partial charge in [-0.2, -0.15) is 0 Å².